The number of carbonyl (C=O) groups excluding carboxylic acids is 1. The molecule has 0 saturated heterocycles. The lowest BCUT2D eigenvalue weighted by Crippen LogP contribution is -2.40. The summed E-state index contributed by atoms with van der Waals surface area (Å²) in [6, 6.07) is 18.2. The predicted octanol–water partition coefficient (Wildman–Crippen LogP) is 6.79. The van der Waals surface area contributed by atoms with Crippen molar-refractivity contribution >= 4 is 17.7 Å². The fourth-order valence-electron chi connectivity index (χ4n) is 3.92. The number of rotatable bonds is 8. The van der Waals surface area contributed by atoms with Crippen molar-refractivity contribution in [1.29, 1.82) is 0 Å². The lowest BCUT2D eigenvalue weighted by molar-refractivity contribution is -0.159. The number of benzene rings is 2. The minimum absolute atomic E-state index is 0.159. The summed E-state index contributed by atoms with van der Waals surface area (Å²) in [6.45, 7) is 6.34. The maximum absolute atomic E-state index is 12.9. The summed E-state index contributed by atoms with van der Waals surface area (Å²) in [4.78, 5) is 14.2. The van der Waals surface area contributed by atoms with Crippen LogP contribution in [0.25, 0.3) is 0 Å². The average Bonchev–Trinajstić information content (AvgIpc) is 2.70. The van der Waals surface area contributed by atoms with E-state index in [-0.39, 0.29) is 5.76 Å². The molecule has 1 aliphatic rings. The third-order valence-electron chi connectivity index (χ3n) is 5.42. The van der Waals surface area contributed by atoms with E-state index in [0.29, 0.717) is 23.7 Å². The molecule has 154 valence electrons. The zero-order valence-electron chi connectivity index (χ0n) is 17.5. The van der Waals surface area contributed by atoms with Crippen LogP contribution in [0.1, 0.15) is 63.5 Å². The molecular formula is C25H30O3S. The Morgan fingerprint density at radius 3 is 2.41 bits per heavy atom. The summed E-state index contributed by atoms with van der Waals surface area (Å²) in [5.74, 6) is 0.0938. The van der Waals surface area contributed by atoms with Crippen LogP contribution < -0.4 is 0 Å². The van der Waals surface area contributed by atoms with E-state index in [4.69, 9.17) is 4.74 Å². The molecular weight excluding hydrogens is 380 g/mol. The Kier molecular flexibility index (Phi) is 7.07. The second-order valence-corrected chi connectivity index (χ2v) is 9.11. The molecule has 3 nitrogen and oxygen atoms in total. The van der Waals surface area contributed by atoms with Crippen molar-refractivity contribution in [1.82, 2.24) is 0 Å². The number of esters is 1. The van der Waals surface area contributed by atoms with Crippen LogP contribution in [0, 0.1) is 0 Å². The highest BCUT2D eigenvalue weighted by molar-refractivity contribution is 8.04. The maximum atomic E-state index is 12.9. The first kappa shape index (κ1) is 21.5. The van der Waals surface area contributed by atoms with Gasteiger partial charge in [0.2, 0.25) is 0 Å². The Morgan fingerprint density at radius 2 is 1.76 bits per heavy atom. The zero-order chi connectivity index (χ0) is 20.9. The van der Waals surface area contributed by atoms with Crippen LogP contribution in [0.15, 0.2) is 70.2 Å². The first-order valence-corrected chi connectivity index (χ1v) is 11.2. The summed E-state index contributed by atoms with van der Waals surface area (Å²) >= 11 is 1.32. The molecule has 29 heavy (non-hydrogen) atoms. The fraction of sp³-hybridized carbons (Fsp3) is 0.400. The van der Waals surface area contributed by atoms with Gasteiger partial charge in [-0.25, -0.2) is 4.79 Å². The smallest absolute Gasteiger partial charge is 0.349 e. The standard InChI is InChI=1S/C25H30O3S/c1-4-15-25(16-14-19-10-6-5-7-11-19)17-21(26)23(24(27)28-25)29-22-13-9-8-12-20(22)18(2)3/h5-13,18,26H,4,14-17H2,1-3H3. The van der Waals surface area contributed by atoms with Gasteiger partial charge in [0, 0.05) is 11.3 Å². The molecule has 0 bridgehead atoms. The molecule has 4 heteroatoms. The third kappa shape index (κ3) is 5.24. The molecule has 1 aliphatic heterocycles. The van der Waals surface area contributed by atoms with Gasteiger partial charge in [0.1, 0.15) is 16.3 Å². The second kappa shape index (κ2) is 9.53. The Hall–Kier alpha value is -2.20. The highest BCUT2D eigenvalue weighted by atomic mass is 32.2. The van der Waals surface area contributed by atoms with Gasteiger partial charge >= 0.3 is 5.97 Å². The van der Waals surface area contributed by atoms with Gasteiger partial charge in [0.25, 0.3) is 0 Å². The van der Waals surface area contributed by atoms with Crippen molar-refractivity contribution in [3.63, 3.8) is 0 Å². The number of cyclic esters (lactones) is 1. The minimum Gasteiger partial charge on any atom is -0.511 e. The number of aryl methyl sites for hydroxylation is 1. The van der Waals surface area contributed by atoms with E-state index < -0.39 is 11.6 Å². The number of aliphatic hydroxyl groups is 1. The van der Waals surface area contributed by atoms with Gasteiger partial charge in [-0.2, -0.15) is 0 Å². The van der Waals surface area contributed by atoms with Crippen molar-refractivity contribution in [2.75, 3.05) is 0 Å². The molecule has 0 spiro atoms. The van der Waals surface area contributed by atoms with Crippen LogP contribution in [0.2, 0.25) is 0 Å². The predicted molar refractivity (Wildman–Crippen MR) is 119 cm³/mol. The Balaban J connectivity index is 1.82. The molecule has 1 heterocycles. The molecule has 0 amide bonds. The summed E-state index contributed by atoms with van der Waals surface area (Å²) < 4.78 is 6.01. The van der Waals surface area contributed by atoms with Gasteiger partial charge in [-0.05, 0) is 42.4 Å². The maximum Gasteiger partial charge on any atom is 0.349 e. The molecule has 1 atom stereocenters. The molecule has 0 aromatic heterocycles. The molecule has 1 N–H and O–H groups in total. The van der Waals surface area contributed by atoms with Crippen LogP contribution in [0.4, 0.5) is 0 Å². The first-order chi connectivity index (χ1) is 13.9. The molecule has 2 aromatic rings. The summed E-state index contributed by atoms with van der Waals surface area (Å²) in [7, 11) is 0. The largest absolute Gasteiger partial charge is 0.511 e. The monoisotopic (exact) mass is 410 g/mol. The summed E-state index contributed by atoms with van der Waals surface area (Å²) in [5.41, 5.74) is 1.75. The summed E-state index contributed by atoms with van der Waals surface area (Å²) in [6.07, 6.45) is 3.55. The molecule has 1 unspecified atom stereocenters. The van der Waals surface area contributed by atoms with Gasteiger partial charge < -0.3 is 9.84 Å². The van der Waals surface area contributed by atoms with Crippen LogP contribution >= 0.6 is 11.8 Å². The van der Waals surface area contributed by atoms with Gasteiger partial charge in [0.05, 0.1) is 0 Å². The van der Waals surface area contributed by atoms with Crippen molar-refractivity contribution in [2.24, 2.45) is 0 Å². The topological polar surface area (TPSA) is 46.5 Å². The SMILES string of the molecule is CCCC1(CCc2ccccc2)CC(O)=C(Sc2ccccc2C(C)C)C(=O)O1. The van der Waals surface area contributed by atoms with E-state index in [1.165, 1.54) is 22.9 Å². The van der Waals surface area contributed by atoms with E-state index in [1.54, 1.807) is 0 Å². The lowest BCUT2D eigenvalue weighted by Gasteiger charge is -2.37. The van der Waals surface area contributed by atoms with Gasteiger partial charge in [0.15, 0.2) is 0 Å². The fourth-order valence-corrected chi connectivity index (χ4v) is 5.02. The van der Waals surface area contributed by atoms with E-state index in [2.05, 4.69) is 39.0 Å². The highest BCUT2D eigenvalue weighted by Crippen LogP contribution is 2.43. The minimum atomic E-state index is -0.632. The van der Waals surface area contributed by atoms with Gasteiger partial charge in [-0.15, -0.1) is 0 Å². The lowest BCUT2D eigenvalue weighted by atomic mass is 9.85. The van der Waals surface area contributed by atoms with Gasteiger partial charge in [-0.1, -0.05) is 87.5 Å². The van der Waals surface area contributed by atoms with E-state index in [1.807, 2.05) is 36.4 Å². The zero-order valence-corrected chi connectivity index (χ0v) is 18.3. The number of thioether (sulfide) groups is 1. The Bertz CT molecular complexity index is 873. The number of aliphatic hydroxyl groups excluding tert-OH is 1. The number of hydrogen-bond acceptors (Lipinski definition) is 4. The van der Waals surface area contributed by atoms with Crippen LogP contribution in [0.5, 0.6) is 0 Å². The van der Waals surface area contributed by atoms with Crippen molar-refractivity contribution in [2.45, 2.75) is 69.3 Å². The van der Waals surface area contributed by atoms with Crippen molar-refractivity contribution < 1.29 is 14.6 Å². The second-order valence-electron chi connectivity index (χ2n) is 8.06. The van der Waals surface area contributed by atoms with Crippen molar-refractivity contribution in [3.05, 3.63) is 76.4 Å². The van der Waals surface area contributed by atoms with Crippen molar-refractivity contribution in [3.8, 4) is 0 Å². The number of hydrogen-bond donors (Lipinski definition) is 1. The highest BCUT2D eigenvalue weighted by Gasteiger charge is 2.41. The average molecular weight is 411 g/mol. The third-order valence-corrected chi connectivity index (χ3v) is 6.62. The Morgan fingerprint density at radius 1 is 1.07 bits per heavy atom. The van der Waals surface area contributed by atoms with Gasteiger partial charge in [-0.3, -0.25) is 0 Å². The van der Waals surface area contributed by atoms with E-state index in [0.717, 1.165) is 24.2 Å². The van der Waals surface area contributed by atoms with Crippen LogP contribution in [-0.4, -0.2) is 16.7 Å². The van der Waals surface area contributed by atoms with E-state index in [9.17, 15) is 9.90 Å². The molecule has 0 fully saturated rings. The normalized spacial score (nSPS) is 19.5. The quantitative estimate of drug-likeness (QED) is 0.487. The first-order valence-electron chi connectivity index (χ1n) is 10.4. The van der Waals surface area contributed by atoms with Crippen LogP contribution in [0.3, 0.4) is 0 Å². The molecule has 2 aromatic carbocycles. The molecule has 0 aliphatic carbocycles. The molecule has 3 rings (SSSR count). The summed E-state index contributed by atoms with van der Waals surface area (Å²) in [5, 5.41) is 10.8. The van der Waals surface area contributed by atoms with E-state index >= 15 is 0 Å². The number of ether oxygens (including phenoxy) is 1. The number of carbonyl (C=O) groups is 1. The Labute approximate surface area is 178 Å². The molecule has 0 radical (unpaired) electrons. The van der Waals surface area contributed by atoms with Crippen LogP contribution in [-0.2, 0) is 16.0 Å². The molecule has 0 saturated carbocycles.